The van der Waals surface area contributed by atoms with Crippen LogP contribution in [0.15, 0.2) is 41.3 Å². The molecule has 198 valence electrons. The summed E-state index contributed by atoms with van der Waals surface area (Å²) in [7, 11) is -4.13. The molecule has 1 fully saturated rings. The molecule has 0 bridgehead atoms. The number of hydrogen-bond acceptors (Lipinski definition) is 5. The maximum absolute atomic E-state index is 13.9. The Balaban J connectivity index is 1.68. The van der Waals surface area contributed by atoms with Crippen LogP contribution in [-0.4, -0.2) is 39.9 Å². The van der Waals surface area contributed by atoms with Crippen LogP contribution in [-0.2, 0) is 27.4 Å². The summed E-state index contributed by atoms with van der Waals surface area (Å²) in [6.07, 6.45) is -2.85. The van der Waals surface area contributed by atoms with E-state index in [0.29, 0.717) is 55.5 Å². The Morgan fingerprint density at radius 1 is 1.08 bits per heavy atom. The van der Waals surface area contributed by atoms with Gasteiger partial charge in [-0.15, -0.1) is 0 Å². The van der Waals surface area contributed by atoms with E-state index in [1.54, 1.807) is 6.07 Å². The lowest BCUT2D eigenvalue weighted by atomic mass is 10.0. The van der Waals surface area contributed by atoms with Gasteiger partial charge < -0.3 is 14.6 Å². The van der Waals surface area contributed by atoms with Gasteiger partial charge >= 0.3 is 6.18 Å². The average molecular weight is 528 g/mol. The van der Waals surface area contributed by atoms with Crippen LogP contribution in [0.2, 0.25) is 0 Å². The molecule has 36 heavy (non-hydrogen) atoms. The van der Waals surface area contributed by atoms with Crippen molar-refractivity contribution in [3.8, 4) is 5.75 Å². The van der Waals surface area contributed by atoms with Gasteiger partial charge in [-0.05, 0) is 79.5 Å². The first-order valence-corrected chi connectivity index (χ1v) is 13.7. The normalized spacial score (nSPS) is 18.9. The van der Waals surface area contributed by atoms with Crippen molar-refractivity contribution in [3.05, 3.63) is 53.1 Å². The van der Waals surface area contributed by atoms with Crippen LogP contribution in [0.1, 0.15) is 55.9 Å². The fraction of sp³-hybridized carbons (Fsp3) is 0.538. The van der Waals surface area contributed by atoms with Crippen molar-refractivity contribution in [2.45, 2.75) is 56.7 Å². The van der Waals surface area contributed by atoms with E-state index >= 15 is 0 Å². The second-order valence-corrected chi connectivity index (χ2v) is 11.7. The molecule has 0 spiro atoms. The topological polar surface area (TPSA) is 76.1 Å². The molecule has 4 rings (SSSR count). The molecule has 0 amide bonds. The summed E-state index contributed by atoms with van der Waals surface area (Å²) in [5.41, 5.74) is 0.305. The van der Waals surface area contributed by atoms with Gasteiger partial charge in [-0.2, -0.15) is 13.2 Å². The first kappa shape index (κ1) is 26.8. The van der Waals surface area contributed by atoms with Crippen molar-refractivity contribution in [1.82, 2.24) is 0 Å². The third kappa shape index (κ3) is 5.65. The molecule has 1 saturated heterocycles. The van der Waals surface area contributed by atoms with Gasteiger partial charge in [0.1, 0.15) is 5.75 Å². The first-order valence-electron chi connectivity index (χ1n) is 12.2. The van der Waals surface area contributed by atoms with Crippen molar-refractivity contribution in [2.24, 2.45) is 11.8 Å². The molecule has 1 atom stereocenters. The Morgan fingerprint density at radius 2 is 1.75 bits per heavy atom. The lowest BCUT2D eigenvalue weighted by molar-refractivity contribution is -0.137. The zero-order chi connectivity index (χ0) is 26.1. The average Bonchev–Trinajstić information content (AvgIpc) is 3.22. The number of benzene rings is 2. The maximum atomic E-state index is 13.9. The molecule has 6 nitrogen and oxygen atoms in total. The standard InChI is InChI=1S/C26H32F3NO5S/c1-17(2)15-30(20-5-3-19(4-6-20)26(27,28)29)36(32,33)24-10-9-23(25-21(24)7-8-22(25)31)35-16-18-11-13-34-14-12-18/h3-6,9-10,17-18,22,31H,7-8,11-16H2,1-2H3. The predicted molar refractivity (Wildman–Crippen MR) is 130 cm³/mol. The fourth-order valence-corrected chi connectivity index (χ4v) is 6.66. The number of halogens is 3. The zero-order valence-electron chi connectivity index (χ0n) is 20.4. The number of alkyl halides is 3. The third-order valence-electron chi connectivity index (χ3n) is 6.67. The number of aliphatic hydroxyl groups excluding tert-OH is 1. The first-order chi connectivity index (χ1) is 17.0. The number of aliphatic hydroxyl groups is 1. The Hall–Kier alpha value is -2.30. The second kappa shape index (κ2) is 10.6. The number of sulfonamides is 1. The van der Waals surface area contributed by atoms with Gasteiger partial charge in [0.25, 0.3) is 10.0 Å². The van der Waals surface area contributed by atoms with E-state index in [9.17, 15) is 26.7 Å². The van der Waals surface area contributed by atoms with E-state index in [-0.39, 0.29) is 23.0 Å². The highest BCUT2D eigenvalue weighted by Crippen LogP contribution is 2.43. The van der Waals surface area contributed by atoms with Gasteiger partial charge in [0.15, 0.2) is 0 Å². The van der Waals surface area contributed by atoms with E-state index in [0.717, 1.165) is 29.3 Å². The molecule has 1 aliphatic heterocycles. The maximum Gasteiger partial charge on any atom is 0.416 e. The van der Waals surface area contributed by atoms with Gasteiger partial charge in [0.05, 0.1) is 28.9 Å². The molecule has 0 saturated carbocycles. The van der Waals surface area contributed by atoms with Crippen LogP contribution in [0.25, 0.3) is 0 Å². The molecule has 1 heterocycles. The van der Waals surface area contributed by atoms with Gasteiger partial charge in [-0.1, -0.05) is 13.8 Å². The Morgan fingerprint density at radius 3 is 2.36 bits per heavy atom. The largest absolute Gasteiger partial charge is 0.493 e. The number of rotatable bonds is 8. The molecule has 10 heteroatoms. The molecule has 2 aromatic rings. The van der Waals surface area contributed by atoms with Crippen molar-refractivity contribution >= 4 is 15.7 Å². The lowest BCUT2D eigenvalue weighted by Crippen LogP contribution is -2.35. The second-order valence-electron chi connectivity index (χ2n) is 9.85. The van der Waals surface area contributed by atoms with E-state index < -0.39 is 27.9 Å². The Bertz CT molecular complexity index is 1160. The molecular formula is C26H32F3NO5S. The summed E-state index contributed by atoms with van der Waals surface area (Å²) in [4.78, 5) is 0.0491. The van der Waals surface area contributed by atoms with E-state index in [4.69, 9.17) is 9.47 Å². The summed E-state index contributed by atoms with van der Waals surface area (Å²) >= 11 is 0. The summed E-state index contributed by atoms with van der Waals surface area (Å²) in [6.45, 7) is 5.60. The lowest BCUT2D eigenvalue weighted by Gasteiger charge is -2.28. The van der Waals surface area contributed by atoms with Gasteiger partial charge in [-0.25, -0.2) is 8.42 Å². The van der Waals surface area contributed by atoms with E-state index in [2.05, 4.69) is 0 Å². The summed E-state index contributed by atoms with van der Waals surface area (Å²) < 4.78 is 79.6. The molecule has 1 unspecified atom stereocenters. The molecule has 1 N–H and O–H groups in total. The fourth-order valence-electron chi connectivity index (χ4n) is 4.77. The Kier molecular flexibility index (Phi) is 7.87. The Labute approximate surface area is 210 Å². The number of fused-ring (bicyclic) bond motifs is 1. The summed E-state index contributed by atoms with van der Waals surface area (Å²) in [6, 6.07) is 7.22. The molecule has 2 aliphatic rings. The SMILES string of the molecule is CC(C)CN(c1ccc(C(F)(F)F)cc1)S(=O)(=O)c1ccc(OCC2CCOCC2)c2c1CCC2O. The minimum Gasteiger partial charge on any atom is -0.493 e. The summed E-state index contributed by atoms with van der Waals surface area (Å²) in [5, 5.41) is 10.7. The van der Waals surface area contributed by atoms with Crippen LogP contribution in [0.5, 0.6) is 5.75 Å². The van der Waals surface area contributed by atoms with Gasteiger partial charge in [0.2, 0.25) is 0 Å². The van der Waals surface area contributed by atoms with Crippen LogP contribution < -0.4 is 9.04 Å². The van der Waals surface area contributed by atoms with E-state index in [1.807, 2.05) is 13.8 Å². The molecule has 2 aromatic carbocycles. The number of anilines is 1. The van der Waals surface area contributed by atoms with Crippen LogP contribution in [0.3, 0.4) is 0 Å². The van der Waals surface area contributed by atoms with Crippen LogP contribution in [0.4, 0.5) is 18.9 Å². The van der Waals surface area contributed by atoms with Crippen LogP contribution >= 0.6 is 0 Å². The highest BCUT2D eigenvalue weighted by molar-refractivity contribution is 7.92. The quantitative estimate of drug-likeness (QED) is 0.502. The summed E-state index contributed by atoms with van der Waals surface area (Å²) in [5.74, 6) is 0.728. The minimum absolute atomic E-state index is 0.0491. The van der Waals surface area contributed by atoms with Crippen molar-refractivity contribution < 1.29 is 36.2 Å². The highest BCUT2D eigenvalue weighted by atomic mass is 32.2. The highest BCUT2D eigenvalue weighted by Gasteiger charge is 2.36. The van der Waals surface area contributed by atoms with Crippen LogP contribution in [0, 0.1) is 11.8 Å². The third-order valence-corrected chi connectivity index (χ3v) is 8.55. The van der Waals surface area contributed by atoms with Crippen molar-refractivity contribution in [2.75, 3.05) is 30.7 Å². The minimum atomic E-state index is -4.52. The molecule has 0 radical (unpaired) electrons. The van der Waals surface area contributed by atoms with E-state index in [1.165, 1.54) is 18.2 Å². The number of hydrogen-bond donors (Lipinski definition) is 1. The molecule has 1 aliphatic carbocycles. The predicted octanol–water partition coefficient (Wildman–Crippen LogP) is 5.34. The number of ether oxygens (including phenoxy) is 2. The number of nitrogens with zero attached hydrogens (tertiary/aromatic N) is 1. The zero-order valence-corrected chi connectivity index (χ0v) is 21.2. The van der Waals surface area contributed by atoms with Crippen molar-refractivity contribution in [1.29, 1.82) is 0 Å². The van der Waals surface area contributed by atoms with Gasteiger partial charge in [-0.3, -0.25) is 4.31 Å². The smallest absolute Gasteiger partial charge is 0.416 e. The van der Waals surface area contributed by atoms with Gasteiger partial charge in [0, 0.05) is 25.3 Å². The molecule has 0 aromatic heterocycles. The van der Waals surface area contributed by atoms with Crippen molar-refractivity contribution in [3.63, 3.8) is 0 Å². The molecular weight excluding hydrogens is 495 g/mol. The monoisotopic (exact) mass is 527 g/mol.